The molecular formula is C29H29N3O7S. The highest BCUT2D eigenvalue weighted by molar-refractivity contribution is 8.18. The van der Waals surface area contributed by atoms with Crippen molar-refractivity contribution in [2.24, 2.45) is 4.99 Å². The Morgan fingerprint density at radius 3 is 2.55 bits per heavy atom. The number of rotatable bonds is 8. The van der Waals surface area contributed by atoms with E-state index in [0.29, 0.717) is 27.3 Å². The lowest BCUT2D eigenvalue weighted by Gasteiger charge is -2.28. The molecule has 208 valence electrons. The molecule has 0 aliphatic carbocycles. The van der Waals surface area contributed by atoms with Crippen LogP contribution < -0.4 is 14.4 Å². The van der Waals surface area contributed by atoms with Crippen molar-refractivity contribution in [1.29, 1.82) is 0 Å². The Morgan fingerprint density at radius 1 is 1.05 bits per heavy atom. The van der Waals surface area contributed by atoms with E-state index in [1.165, 1.54) is 24.9 Å². The Labute approximate surface area is 236 Å². The lowest BCUT2D eigenvalue weighted by molar-refractivity contribution is -0.121. The predicted molar refractivity (Wildman–Crippen MR) is 152 cm³/mol. The van der Waals surface area contributed by atoms with Gasteiger partial charge in [0.25, 0.3) is 5.91 Å². The molecule has 3 heterocycles. The number of thioether (sulfide) groups is 1. The summed E-state index contributed by atoms with van der Waals surface area (Å²) in [6, 6.07) is 16.6. The molecule has 2 aliphatic heterocycles. The number of ether oxygens (including phenoxy) is 4. The fraction of sp³-hybridized carbons (Fsp3) is 0.276. The van der Waals surface area contributed by atoms with Gasteiger partial charge in [0, 0.05) is 25.8 Å². The molecule has 40 heavy (non-hydrogen) atoms. The zero-order valence-electron chi connectivity index (χ0n) is 22.4. The van der Waals surface area contributed by atoms with E-state index in [1.807, 2.05) is 30.3 Å². The Hall–Kier alpha value is -4.22. The second-order valence-electron chi connectivity index (χ2n) is 8.94. The molecule has 3 aromatic rings. The highest BCUT2D eigenvalue weighted by atomic mass is 32.2. The van der Waals surface area contributed by atoms with Crippen molar-refractivity contribution in [3.63, 3.8) is 0 Å². The van der Waals surface area contributed by atoms with Crippen LogP contribution in [0.4, 0.5) is 11.4 Å². The van der Waals surface area contributed by atoms with Gasteiger partial charge < -0.3 is 28.3 Å². The predicted octanol–water partition coefficient (Wildman–Crippen LogP) is 4.72. The van der Waals surface area contributed by atoms with Crippen LogP contribution in [-0.4, -0.2) is 69.5 Å². The van der Waals surface area contributed by atoms with Gasteiger partial charge in [-0.15, -0.1) is 0 Å². The summed E-state index contributed by atoms with van der Waals surface area (Å²) in [5, 5.41) is 0.604. The van der Waals surface area contributed by atoms with Crippen molar-refractivity contribution in [2.45, 2.75) is 6.61 Å². The van der Waals surface area contributed by atoms with Crippen molar-refractivity contribution in [1.82, 2.24) is 4.90 Å². The van der Waals surface area contributed by atoms with E-state index in [0.717, 1.165) is 43.2 Å². The summed E-state index contributed by atoms with van der Waals surface area (Å²) >= 11 is 1.32. The molecule has 5 rings (SSSR count). The molecule has 1 amide bonds. The lowest BCUT2D eigenvalue weighted by Crippen LogP contribution is -2.36. The summed E-state index contributed by atoms with van der Waals surface area (Å²) in [6.45, 7) is 3.30. The maximum absolute atomic E-state index is 13.0. The molecule has 0 unspecified atom stereocenters. The second-order valence-corrected chi connectivity index (χ2v) is 9.95. The van der Waals surface area contributed by atoms with Crippen LogP contribution in [-0.2, 0) is 20.9 Å². The Bertz CT molecular complexity index is 1440. The topological polar surface area (TPSA) is 103 Å². The van der Waals surface area contributed by atoms with E-state index in [1.54, 1.807) is 43.3 Å². The van der Waals surface area contributed by atoms with Crippen LogP contribution >= 0.6 is 11.8 Å². The third-order valence-electron chi connectivity index (χ3n) is 6.36. The van der Waals surface area contributed by atoms with Crippen LogP contribution in [0, 0.1) is 0 Å². The van der Waals surface area contributed by atoms with Crippen molar-refractivity contribution in [2.75, 3.05) is 52.5 Å². The molecule has 0 radical (unpaired) electrons. The maximum atomic E-state index is 13.0. The Balaban J connectivity index is 1.26. The molecule has 0 atom stereocenters. The van der Waals surface area contributed by atoms with Crippen LogP contribution in [0.5, 0.6) is 11.5 Å². The van der Waals surface area contributed by atoms with Crippen LogP contribution in [0.25, 0.3) is 6.08 Å². The Morgan fingerprint density at radius 2 is 1.82 bits per heavy atom. The number of benzene rings is 2. The maximum Gasteiger partial charge on any atom is 0.373 e. The third-order valence-corrected chi connectivity index (χ3v) is 7.42. The quantitative estimate of drug-likeness (QED) is 0.284. The molecular weight excluding hydrogens is 534 g/mol. The van der Waals surface area contributed by atoms with Gasteiger partial charge in [-0.3, -0.25) is 9.69 Å². The average molecular weight is 564 g/mol. The van der Waals surface area contributed by atoms with Gasteiger partial charge in [0.05, 0.1) is 38.0 Å². The van der Waals surface area contributed by atoms with Gasteiger partial charge >= 0.3 is 5.97 Å². The molecule has 10 nitrogen and oxygen atoms in total. The van der Waals surface area contributed by atoms with Crippen LogP contribution in [0.1, 0.15) is 21.9 Å². The van der Waals surface area contributed by atoms with Crippen LogP contribution in [0.2, 0.25) is 0 Å². The minimum atomic E-state index is -0.555. The standard InChI is InChI=1S/C29H29N3O7S/c1-31-27(33)26(40-29(31)30-20-5-7-21(8-6-20)32-12-14-37-15-13-32)17-19-4-10-23(25(16-19)35-2)38-18-22-9-11-24(39-22)28(34)36-3/h4-11,16-17H,12-15,18H2,1-3H3. The van der Waals surface area contributed by atoms with E-state index in [4.69, 9.17) is 23.6 Å². The molecule has 1 aromatic heterocycles. The van der Waals surface area contributed by atoms with Gasteiger partial charge in [-0.2, -0.15) is 0 Å². The zero-order valence-corrected chi connectivity index (χ0v) is 23.2. The first kappa shape index (κ1) is 27.4. The van der Waals surface area contributed by atoms with Crippen molar-refractivity contribution < 1.29 is 33.0 Å². The monoisotopic (exact) mass is 563 g/mol. The summed E-state index contributed by atoms with van der Waals surface area (Å²) in [6.07, 6.45) is 1.80. The van der Waals surface area contributed by atoms with E-state index in [-0.39, 0.29) is 18.3 Å². The number of morpholine rings is 1. The number of hydrogen-bond donors (Lipinski definition) is 0. The molecule has 0 saturated carbocycles. The van der Waals surface area contributed by atoms with Crippen molar-refractivity contribution in [3.05, 3.63) is 76.6 Å². The van der Waals surface area contributed by atoms with E-state index >= 15 is 0 Å². The number of furan rings is 1. The summed E-state index contributed by atoms with van der Waals surface area (Å²) in [4.78, 5) is 33.6. The molecule has 2 saturated heterocycles. The first-order chi connectivity index (χ1) is 19.4. The van der Waals surface area contributed by atoms with E-state index in [9.17, 15) is 9.59 Å². The number of amides is 1. The number of nitrogens with zero attached hydrogens (tertiary/aromatic N) is 3. The number of aliphatic imine (C=N–C) groups is 1. The molecule has 2 fully saturated rings. The molecule has 2 aromatic carbocycles. The van der Waals surface area contributed by atoms with Gasteiger partial charge in [0.1, 0.15) is 12.4 Å². The summed E-state index contributed by atoms with van der Waals surface area (Å²) in [5.41, 5.74) is 2.68. The van der Waals surface area contributed by atoms with Gasteiger partial charge in [0.2, 0.25) is 5.76 Å². The Kier molecular flexibility index (Phi) is 8.42. The van der Waals surface area contributed by atoms with Crippen molar-refractivity contribution in [3.8, 4) is 11.5 Å². The van der Waals surface area contributed by atoms with Gasteiger partial charge in [0.15, 0.2) is 16.7 Å². The van der Waals surface area contributed by atoms with Gasteiger partial charge in [-0.25, -0.2) is 9.79 Å². The number of esters is 1. The van der Waals surface area contributed by atoms with Gasteiger partial charge in [-0.1, -0.05) is 6.07 Å². The number of likely N-dealkylation sites (N-methyl/N-ethyl adjacent to an activating group) is 1. The lowest BCUT2D eigenvalue weighted by atomic mass is 10.2. The minimum absolute atomic E-state index is 0.0974. The molecule has 11 heteroatoms. The van der Waals surface area contributed by atoms with E-state index < -0.39 is 5.97 Å². The average Bonchev–Trinajstić information content (AvgIpc) is 3.57. The number of carbonyl (C=O) groups excluding carboxylic acids is 2. The first-order valence-electron chi connectivity index (χ1n) is 12.6. The summed E-state index contributed by atoms with van der Waals surface area (Å²) in [5.74, 6) is 0.866. The third kappa shape index (κ3) is 6.16. The SMILES string of the molecule is COC(=O)c1ccc(COc2ccc(C=C3SC(=Nc4ccc(N5CCOCC5)cc4)N(C)C3=O)cc2OC)o1. The molecule has 0 spiro atoms. The summed E-state index contributed by atoms with van der Waals surface area (Å²) < 4.78 is 26.9. The van der Waals surface area contributed by atoms with Crippen LogP contribution in [0.3, 0.4) is 0 Å². The molecule has 2 aliphatic rings. The normalized spacial score (nSPS) is 17.5. The van der Waals surface area contributed by atoms with Crippen molar-refractivity contribution >= 4 is 46.3 Å². The number of hydrogen-bond acceptors (Lipinski definition) is 10. The van der Waals surface area contributed by atoms with E-state index in [2.05, 4.69) is 9.64 Å². The first-order valence-corrected chi connectivity index (χ1v) is 13.4. The zero-order chi connectivity index (χ0) is 28.1. The fourth-order valence-electron chi connectivity index (χ4n) is 4.18. The smallest absolute Gasteiger partial charge is 0.373 e. The highest BCUT2D eigenvalue weighted by Crippen LogP contribution is 2.35. The number of methoxy groups -OCH3 is 2. The summed E-state index contributed by atoms with van der Waals surface area (Å²) in [7, 11) is 4.55. The minimum Gasteiger partial charge on any atom is -0.493 e. The fourth-order valence-corrected chi connectivity index (χ4v) is 5.17. The van der Waals surface area contributed by atoms with Gasteiger partial charge in [-0.05, 0) is 71.9 Å². The number of carbonyl (C=O) groups is 2. The number of anilines is 1. The second kappa shape index (κ2) is 12.3. The number of amidine groups is 1. The van der Waals surface area contributed by atoms with Crippen LogP contribution in [0.15, 0.2) is 68.9 Å². The largest absolute Gasteiger partial charge is 0.493 e. The highest BCUT2D eigenvalue weighted by Gasteiger charge is 2.30. The molecule has 0 N–H and O–H groups in total. The molecule has 0 bridgehead atoms.